The lowest BCUT2D eigenvalue weighted by Crippen LogP contribution is -2.15. The van der Waals surface area contributed by atoms with Gasteiger partial charge in [0.1, 0.15) is 5.82 Å². The number of hydrogen-bond donors (Lipinski definition) is 1. The van der Waals surface area contributed by atoms with Crippen LogP contribution in [-0.4, -0.2) is 15.5 Å². The summed E-state index contributed by atoms with van der Waals surface area (Å²) in [4.78, 5) is 17.3. The van der Waals surface area contributed by atoms with Gasteiger partial charge in [-0.15, -0.1) is 0 Å². The van der Waals surface area contributed by atoms with Crippen molar-refractivity contribution in [3.05, 3.63) is 71.1 Å². The number of carbonyl (C=O) groups excluding carboxylic acids is 1. The van der Waals surface area contributed by atoms with Crippen molar-refractivity contribution in [3.8, 4) is 11.3 Å². The summed E-state index contributed by atoms with van der Waals surface area (Å²) in [6, 6.07) is 15.2. The van der Waals surface area contributed by atoms with Gasteiger partial charge in [0.2, 0.25) is 5.91 Å². The molecule has 0 aliphatic carbocycles. The van der Waals surface area contributed by atoms with Crippen LogP contribution in [0.25, 0.3) is 11.3 Å². The van der Waals surface area contributed by atoms with Crippen molar-refractivity contribution in [2.45, 2.75) is 32.2 Å². The summed E-state index contributed by atoms with van der Waals surface area (Å²) in [5, 5.41) is 3.63. The number of benzene rings is 2. The van der Waals surface area contributed by atoms with Crippen LogP contribution in [0, 0.1) is 0 Å². The molecule has 0 bridgehead atoms. The molecule has 2 aromatic carbocycles. The van der Waals surface area contributed by atoms with Gasteiger partial charge in [0.25, 0.3) is 0 Å². The number of anilines is 1. The molecule has 1 aliphatic heterocycles. The fourth-order valence-electron chi connectivity index (χ4n) is 3.37. The lowest BCUT2D eigenvalue weighted by molar-refractivity contribution is -0.115. The van der Waals surface area contributed by atoms with Gasteiger partial charge in [0, 0.05) is 29.7 Å². The molecule has 132 valence electrons. The fourth-order valence-corrected chi connectivity index (χ4v) is 3.57. The van der Waals surface area contributed by atoms with E-state index < -0.39 is 0 Å². The highest BCUT2D eigenvalue weighted by atomic mass is 35.5. The first-order valence-electron chi connectivity index (χ1n) is 8.89. The number of aryl methyl sites for hydroxylation is 2. The Hall–Kier alpha value is -2.59. The first-order valence-corrected chi connectivity index (χ1v) is 9.27. The molecular formula is C21H20ClN3O. The van der Waals surface area contributed by atoms with Crippen LogP contribution >= 0.6 is 11.6 Å². The zero-order chi connectivity index (χ0) is 17.9. The number of rotatable bonds is 4. The number of fused-ring (bicyclic) bond motifs is 1. The number of halogens is 1. The highest BCUT2D eigenvalue weighted by Gasteiger charge is 2.16. The van der Waals surface area contributed by atoms with Gasteiger partial charge in [-0.3, -0.25) is 4.79 Å². The van der Waals surface area contributed by atoms with E-state index in [0.29, 0.717) is 5.02 Å². The van der Waals surface area contributed by atoms with Crippen molar-refractivity contribution in [1.29, 1.82) is 0 Å². The number of hydrogen-bond acceptors (Lipinski definition) is 2. The quantitative estimate of drug-likeness (QED) is 0.727. The fraction of sp³-hybridized carbons (Fsp3) is 0.238. The van der Waals surface area contributed by atoms with Crippen LogP contribution in [0.15, 0.2) is 54.7 Å². The molecule has 1 aromatic heterocycles. The van der Waals surface area contributed by atoms with Crippen LogP contribution in [0.1, 0.15) is 24.2 Å². The Kier molecular flexibility index (Phi) is 4.76. The smallest absolute Gasteiger partial charge is 0.228 e. The molecule has 1 amide bonds. The maximum absolute atomic E-state index is 12.5. The topological polar surface area (TPSA) is 46.9 Å². The van der Waals surface area contributed by atoms with Gasteiger partial charge in [-0.05, 0) is 30.5 Å². The Morgan fingerprint density at radius 3 is 2.77 bits per heavy atom. The van der Waals surface area contributed by atoms with Crippen LogP contribution in [0.3, 0.4) is 0 Å². The second-order valence-corrected chi connectivity index (χ2v) is 6.96. The van der Waals surface area contributed by atoms with Gasteiger partial charge in [-0.1, -0.05) is 48.0 Å². The van der Waals surface area contributed by atoms with Crippen molar-refractivity contribution >= 4 is 23.2 Å². The third kappa shape index (κ3) is 3.51. The van der Waals surface area contributed by atoms with Crippen molar-refractivity contribution in [3.63, 3.8) is 0 Å². The first kappa shape index (κ1) is 16.9. The number of para-hydroxylation sites is 1. The minimum Gasteiger partial charge on any atom is -0.334 e. The number of nitrogens with one attached hydrogen (secondary N) is 1. The summed E-state index contributed by atoms with van der Waals surface area (Å²) in [7, 11) is 0. The molecule has 0 atom stereocenters. The second kappa shape index (κ2) is 7.34. The molecule has 2 heterocycles. The lowest BCUT2D eigenvalue weighted by Gasteiger charge is -2.11. The number of aromatic nitrogens is 2. The first-order chi connectivity index (χ1) is 12.7. The average Bonchev–Trinajstić information content (AvgIpc) is 3.08. The molecule has 0 radical (unpaired) electrons. The van der Waals surface area contributed by atoms with E-state index in [1.54, 1.807) is 6.07 Å². The van der Waals surface area contributed by atoms with Crippen LogP contribution in [0.4, 0.5) is 5.69 Å². The number of imidazole rings is 1. The predicted molar refractivity (Wildman–Crippen MR) is 104 cm³/mol. The lowest BCUT2D eigenvalue weighted by atomic mass is 10.1. The largest absolute Gasteiger partial charge is 0.334 e. The van der Waals surface area contributed by atoms with Gasteiger partial charge in [-0.25, -0.2) is 4.98 Å². The highest BCUT2D eigenvalue weighted by molar-refractivity contribution is 6.31. The molecule has 1 N–H and O–H groups in total. The van der Waals surface area contributed by atoms with Crippen LogP contribution in [0.5, 0.6) is 0 Å². The van der Waals surface area contributed by atoms with Crippen molar-refractivity contribution in [1.82, 2.24) is 9.55 Å². The van der Waals surface area contributed by atoms with Crippen LogP contribution in [-0.2, 0) is 24.2 Å². The molecule has 3 aromatic rings. The maximum atomic E-state index is 12.5. The van der Waals surface area contributed by atoms with E-state index in [0.717, 1.165) is 41.3 Å². The van der Waals surface area contributed by atoms with Crippen LogP contribution in [0.2, 0.25) is 5.02 Å². The maximum Gasteiger partial charge on any atom is 0.228 e. The van der Waals surface area contributed by atoms with Crippen molar-refractivity contribution in [2.75, 3.05) is 5.32 Å². The molecule has 0 spiro atoms. The Labute approximate surface area is 157 Å². The summed E-state index contributed by atoms with van der Waals surface area (Å²) in [6.45, 7) is 1.02. The third-order valence-electron chi connectivity index (χ3n) is 4.69. The van der Waals surface area contributed by atoms with Gasteiger partial charge in [-0.2, -0.15) is 0 Å². The van der Waals surface area contributed by atoms with Gasteiger partial charge in [0.05, 0.1) is 17.8 Å². The Morgan fingerprint density at radius 1 is 1.12 bits per heavy atom. The van der Waals surface area contributed by atoms with Crippen molar-refractivity contribution in [2.24, 2.45) is 0 Å². The summed E-state index contributed by atoms with van der Waals surface area (Å²) < 4.78 is 2.22. The zero-order valence-electron chi connectivity index (χ0n) is 14.4. The third-order valence-corrected chi connectivity index (χ3v) is 5.06. The van der Waals surface area contributed by atoms with E-state index in [9.17, 15) is 4.79 Å². The highest BCUT2D eigenvalue weighted by Crippen LogP contribution is 2.29. The minimum atomic E-state index is -0.0884. The van der Waals surface area contributed by atoms with Gasteiger partial charge >= 0.3 is 0 Å². The molecule has 0 fully saturated rings. The molecular weight excluding hydrogens is 346 g/mol. The number of amides is 1. The molecule has 26 heavy (non-hydrogen) atoms. The van der Waals surface area contributed by atoms with E-state index >= 15 is 0 Å². The second-order valence-electron chi connectivity index (χ2n) is 6.55. The molecule has 1 aliphatic rings. The normalized spacial score (nSPS) is 13.3. The van der Waals surface area contributed by atoms with E-state index in [-0.39, 0.29) is 12.3 Å². The van der Waals surface area contributed by atoms with E-state index in [2.05, 4.69) is 16.1 Å². The summed E-state index contributed by atoms with van der Waals surface area (Å²) in [5.74, 6) is 1.04. The molecule has 0 saturated carbocycles. The Bertz CT molecular complexity index is 924. The summed E-state index contributed by atoms with van der Waals surface area (Å²) in [5.41, 5.74) is 3.46. The Balaban J connectivity index is 1.57. The molecule has 0 unspecified atom stereocenters. The van der Waals surface area contributed by atoms with Gasteiger partial charge < -0.3 is 9.88 Å². The number of nitrogens with zero attached hydrogens (tertiary/aromatic N) is 2. The van der Waals surface area contributed by atoms with Crippen molar-refractivity contribution < 1.29 is 4.79 Å². The van der Waals surface area contributed by atoms with E-state index in [4.69, 9.17) is 16.6 Å². The minimum absolute atomic E-state index is 0.0884. The Morgan fingerprint density at radius 2 is 1.92 bits per heavy atom. The van der Waals surface area contributed by atoms with E-state index in [1.165, 1.54) is 12.8 Å². The van der Waals surface area contributed by atoms with E-state index in [1.807, 2.05) is 42.5 Å². The molecule has 0 saturated heterocycles. The molecule has 5 heteroatoms. The number of carbonyl (C=O) groups is 1. The monoisotopic (exact) mass is 365 g/mol. The standard InChI is InChI=1S/C21H20ClN3O/c22-17-9-3-1-7-15(17)13-21(26)24-18-10-4-2-8-16(18)19-14-25-12-6-5-11-20(25)23-19/h1-4,7-10,14H,5-6,11-13H2,(H,24,26). The summed E-state index contributed by atoms with van der Waals surface area (Å²) in [6.07, 6.45) is 5.73. The average molecular weight is 366 g/mol. The van der Waals surface area contributed by atoms with Gasteiger partial charge in [0.15, 0.2) is 0 Å². The SMILES string of the molecule is O=C(Cc1ccccc1Cl)Nc1ccccc1-c1cn2c(n1)CCCC2. The summed E-state index contributed by atoms with van der Waals surface area (Å²) >= 11 is 6.16. The van der Waals surface area contributed by atoms with Crippen LogP contribution < -0.4 is 5.32 Å². The zero-order valence-corrected chi connectivity index (χ0v) is 15.2. The molecule has 4 nitrogen and oxygen atoms in total. The predicted octanol–water partition coefficient (Wildman–Crippen LogP) is 4.72. The molecule has 4 rings (SSSR count).